The molecule has 0 saturated carbocycles. The predicted molar refractivity (Wildman–Crippen MR) is 95.5 cm³/mol. The van der Waals surface area contributed by atoms with E-state index in [-0.39, 0.29) is 0 Å². The molecule has 3 aromatic rings. The van der Waals surface area contributed by atoms with E-state index in [1.165, 1.54) is 31.3 Å². The van der Waals surface area contributed by atoms with Crippen molar-refractivity contribution >= 4 is 37.6 Å². The van der Waals surface area contributed by atoms with Gasteiger partial charge in [-0.05, 0) is 53.1 Å². The van der Waals surface area contributed by atoms with Crippen molar-refractivity contribution in [1.82, 2.24) is 0 Å². The zero-order chi connectivity index (χ0) is 14.6. The maximum atomic E-state index is 2.42. The van der Waals surface area contributed by atoms with E-state index in [2.05, 4.69) is 63.3 Å². The fourth-order valence-electron chi connectivity index (χ4n) is 3.48. The van der Waals surface area contributed by atoms with Crippen molar-refractivity contribution in [2.75, 3.05) is 0 Å². The molecule has 1 heterocycles. The Morgan fingerprint density at radius 3 is 2.71 bits per heavy atom. The van der Waals surface area contributed by atoms with E-state index < -0.39 is 0 Å². The number of thiophene rings is 1. The molecule has 1 aliphatic carbocycles. The first kappa shape index (κ1) is 13.1. The molecule has 1 heteroatoms. The summed E-state index contributed by atoms with van der Waals surface area (Å²) in [7, 11) is 0. The number of allylic oxidation sites excluding steroid dienone is 1. The highest BCUT2D eigenvalue weighted by molar-refractivity contribution is 7.25. The molecular formula is C20H20S. The molecule has 0 bridgehead atoms. The summed E-state index contributed by atoms with van der Waals surface area (Å²) in [6.07, 6.45) is 5.77. The molecule has 1 unspecified atom stereocenters. The number of benzene rings is 2. The second-order valence-corrected chi connectivity index (χ2v) is 7.58. The molecule has 1 aromatic heterocycles. The average molecular weight is 292 g/mol. The molecule has 0 saturated heterocycles. The zero-order valence-corrected chi connectivity index (χ0v) is 13.6. The third-order valence-electron chi connectivity index (χ3n) is 4.68. The molecule has 2 aromatic carbocycles. The van der Waals surface area contributed by atoms with Crippen LogP contribution >= 0.6 is 11.3 Å². The van der Waals surface area contributed by atoms with Crippen molar-refractivity contribution in [2.45, 2.75) is 39.0 Å². The number of rotatable bonds is 1. The molecule has 1 aliphatic rings. The van der Waals surface area contributed by atoms with Crippen LogP contribution in [-0.2, 0) is 0 Å². The lowest BCUT2D eigenvalue weighted by Gasteiger charge is -2.19. The topological polar surface area (TPSA) is 0 Å². The average Bonchev–Trinajstić information content (AvgIpc) is 2.85. The molecule has 0 amide bonds. The monoisotopic (exact) mass is 292 g/mol. The van der Waals surface area contributed by atoms with Gasteiger partial charge in [-0.3, -0.25) is 0 Å². The maximum Gasteiger partial charge on any atom is 0.0358 e. The van der Waals surface area contributed by atoms with Crippen molar-refractivity contribution in [2.24, 2.45) is 0 Å². The number of hydrogen-bond acceptors (Lipinski definition) is 1. The highest BCUT2D eigenvalue weighted by Gasteiger charge is 2.19. The van der Waals surface area contributed by atoms with Gasteiger partial charge in [0, 0.05) is 20.2 Å². The lowest BCUT2D eigenvalue weighted by atomic mass is 9.85. The standard InChI is InChI=1S/C20H20S/c1-12(2)15-8-9-17-16(11-15)20-18(21-17)10-7-14-6-4-5-13(3)19(14)20/h4,6-13H,5H2,1-3H3. The highest BCUT2D eigenvalue weighted by atomic mass is 32.1. The van der Waals surface area contributed by atoms with Crippen LogP contribution in [0.2, 0.25) is 0 Å². The Hall–Kier alpha value is -1.60. The Morgan fingerprint density at radius 2 is 1.90 bits per heavy atom. The van der Waals surface area contributed by atoms with E-state index in [4.69, 9.17) is 0 Å². The largest absolute Gasteiger partial charge is 0.135 e. The van der Waals surface area contributed by atoms with E-state index in [9.17, 15) is 0 Å². The van der Waals surface area contributed by atoms with Crippen LogP contribution in [0.15, 0.2) is 36.4 Å². The maximum absolute atomic E-state index is 2.42. The van der Waals surface area contributed by atoms with Gasteiger partial charge in [0.1, 0.15) is 0 Å². The molecular weight excluding hydrogens is 272 g/mol. The van der Waals surface area contributed by atoms with Crippen molar-refractivity contribution in [3.63, 3.8) is 0 Å². The SMILES string of the molecule is CC(C)c1ccc2sc3ccc4c(c3c2c1)C(C)CC=C4. The molecule has 0 nitrogen and oxygen atoms in total. The van der Waals surface area contributed by atoms with Crippen molar-refractivity contribution in [1.29, 1.82) is 0 Å². The lowest BCUT2D eigenvalue weighted by Crippen LogP contribution is -2.00. The molecule has 21 heavy (non-hydrogen) atoms. The first-order valence-electron chi connectivity index (χ1n) is 7.80. The van der Waals surface area contributed by atoms with Gasteiger partial charge in [-0.15, -0.1) is 11.3 Å². The molecule has 0 radical (unpaired) electrons. The molecule has 106 valence electrons. The van der Waals surface area contributed by atoms with E-state index >= 15 is 0 Å². The molecule has 0 N–H and O–H groups in total. The molecule has 0 fully saturated rings. The first-order chi connectivity index (χ1) is 10.1. The lowest BCUT2D eigenvalue weighted by molar-refractivity contribution is 0.780. The third-order valence-corrected chi connectivity index (χ3v) is 5.82. The zero-order valence-electron chi connectivity index (χ0n) is 12.8. The first-order valence-corrected chi connectivity index (χ1v) is 8.62. The van der Waals surface area contributed by atoms with Crippen LogP contribution in [0.4, 0.5) is 0 Å². The second kappa shape index (κ2) is 4.71. The van der Waals surface area contributed by atoms with Gasteiger partial charge in [0.25, 0.3) is 0 Å². The van der Waals surface area contributed by atoms with Gasteiger partial charge in [-0.2, -0.15) is 0 Å². The van der Waals surface area contributed by atoms with E-state index in [0.717, 1.165) is 6.42 Å². The summed E-state index contributed by atoms with van der Waals surface area (Å²) in [5.41, 5.74) is 4.41. The quantitative estimate of drug-likeness (QED) is 0.468. The van der Waals surface area contributed by atoms with Gasteiger partial charge in [0.2, 0.25) is 0 Å². The summed E-state index contributed by atoms with van der Waals surface area (Å²) < 4.78 is 2.86. The van der Waals surface area contributed by atoms with Crippen LogP contribution in [-0.4, -0.2) is 0 Å². The van der Waals surface area contributed by atoms with Crippen molar-refractivity contribution < 1.29 is 0 Å². The summed E-state index contributed by atoms with van der Waals surface area (Å²) in [5, 5.41) is 2.96. The highest BCUT2D eigenvalue weighted by Crippen LogP contribution is 2.43. The Labute approximate surface area is 130 Å². The van der Waals surface area contributed by atoms with Crippen LogP contribution in [0.3, 0.4) is 0 Å². The summed E-state index contributed by atoms with van der Waals surface area (Å²) in [4.78, 5) is 0. The van der Waals surface area contributed by atoms with Gasteiger partial charge < -0.3 is 0 Å². The van der Waals surface area contributed by atoms with Crippen LogP contribution in [0.1, 0.15) is 55.7 Å². The Balaban J connectivity index is 2.14. The molecule has 1 atom stereocenters. The second-order valence-electron chi connectivity index (χ2n) is 6.49. The van der Waals surface area contributed by atoms with Gasteiger partial charge in [-0.25, -0.2) is 0 Å². The van der Waals surface area contributed by atoms with Crippen LogP contribution < -0.4 is 0 Å². The summed E-state index contributed by atoms with van der Waals surface area (Å²) in [5.74, 6) is 1.20. The van der Waals surface area contributed by atoms with Crippen molar-refractivity contribution in [3.8, 4) is 0 Å². The summed E-state index contributed by atoms with van der Waals surface area (Å²) in [6.45, 7) is 6.91. The normalized spacial score (nSPS) is 17.8. The van der Waals surface area contributed by atoms with E-state index in [1.54, 1.807) is 5.56 Å². The Morgan fingerprint density at radius 1 is 1.10 bits per heavy atom. The fourth-order valence-corrected chi connectivity index (χ4v) is 4.58. The van der Waals surface area contributed by atoms with Crippen LogP contribution in [0.25, 0.3) is 26.2 Å². The molecule has 0 spiro atoms. The Kier molecular flexibility index (Phi) is 2.93. The van der Waals surface area contributed by atoms with Gasteiger partial charge in [0.15, 0.2) is 0 Å². The van der Waals surface area contributed by atoms with Crippen LogP contribution in [0, 0.1) is 0 Å². The van der Waals surface area contributed by atoms with Gasteiger partial charge >= 0.3 is 0 Å². The fraction of sp³-hybridized carbons (Fsp3) is 0.300. The van der Waals surface area contributed by atoms with Gasteiger partial charge in [0.05, 0.1) is 0 Å². The van der Waals surface area contributed by atoms with Crippen molar-refractivity contribution in [3.05, 3.63) is 53.1 Å². The summed E-state index contributed by atoms with van der Waals surface area (Å²) >= 11 is 1.93. The molecule has 4 rings (SSSR count). The van der Waals surface area contributed by atoms with Crippen LogP contribution in [0.5, 0.6) is 0 Å². The van der Waals surface area contributed by atoms with Gasteiger partial charge in [-0.1, -0.05) is 45.1 Å². The minimum Gasteiger partial charge on any atom is -0.135 e. The third kappa shape index (κ3) is 1.95. The molecule has 0 aliphatic heterocycles. The minimum absolute atomic E-state index is 0.584. The van der Waals surface area contributed by atoms with E-state index in [0.29, 0.717) is 11.8 Å². The smallest absolute Gasteiger partial charge is 0.0358 e. The Bertz CT molecular complexity index is 864. The number of hydrogen-bond donors (Lipinski definition) is 0. The number of fused-ring (bicyclic) bond motifs is 5. The predicted octanol–water partition coefficient (Wildman–Crippen LogP) is 6.70. The summed E-state index contributed by atoms with van der Waals surface area (Å²) in [6, 6.07) is 11.6. The van der Waals surface area contributed by atoms with E-state index in [1.807, 2.05) is 11.3 Å². The minimum atomic E-state index is 0.584.